The first-order valence-corrected chi connectivity index (χ1v) is 9.45. The number of hydrogen-bond acceptors (Lipinski definition) is 3. The molecule has 0 amide bonds. The summed E-state index contributed by atoms with van der Waals surface area (Å²) in [5, 5.41) is 1.20. The summed E-state index contributed by atoms with van der Waals surface area (Å²) in [7, 11) is 0. The molecule has 0 bridgehead atoms. The molecule has 1 aliphatic carbocycles. The second-order valence-corrected chi connectivity index (χ2v) is 7.22. The van der Waals surface area contributed by atoms with Crippen molar-refractivity contribution < 1.29 is 4.39 Å². The van der Waals surface area contributed by atoms with E-state index >= 15 is 0 Å². The maximum Gasteiger partial charge on any atom is 0.134 e. The second kappa shape index (κ2) is 7.56. The van der Waals surface area contributed by atoms with Gasteiger partial charge < -0.3 is 5.73 Å². The predicted octanol–water partition coefficient (Wildman–Crippen LogP) is 6.21. The first-order chi connectivity index (χ1) is 13.5. The van der Waals surface area contributed by atoms with Gasteiger partial charge in [0.15, 0.2) is 0 Å². The van der Waals surface area contributed by atoms with E-state index in [4.69, 9.17) is 17.3 Å². The Morgan fingerprint density at radius 1 is 1.11 bits per heavy atom. The Kier molecular flexibility index (Phi) is 4.97. The molecule has 3 aromatic rings. The van der Waals surface area contributed by atoms with Crippen molar-refractivity contribution >= 4 is 39.5 Å². The van der Waals surface area contributed by atoms with Gasteiger partial charge in [-0.1, -0.05) is 41.5 Å². The maximum atomic E-state index is 13.6. The minimum Gasteiger partial charge on any atom is -0.383 e. The Bertz CT molecular complexity index is 1160. The largest absolute Gasteiger partial charge is 0.383 e. The molecule has 28 heavy (non-hydrogen) atoms. The van der Waals surface area contributed by atoms with Gasteiger partial charge in [-0.25, -0.2) is 14.4 Å². The lowest BCUT2D eigenvalue weighted by atomic mass is 9.86. The van der Waals surface area contributed by atoms with Crippen LogP contribution in [0.15, 0.2) is 66.5 Å². The fourth-order valence-corrected chi connectivity index (χ4v) is 3.81. The smallest absolute Gasteiger partial charge is 0.134 e. The van der Waals surface area contributed by atoms with E-state index in [2.05, 4.69) is 29.0 Å². The number of allylic oxidation sites excluding steroid dienone is 6. The Hall–Kier alpha value is -2.98. The lowest BCUT2D eigenvalue weighted by molar-refractivity contribution is 0.628. The first kappa shape index (κ1) is 18.4. The van der Waals surface area contributed by atoms with Gasteiger partial charge in [-0.3, -0.25) is 0 Å². The van der Waals surface area contributed by atoms with Gasteiger partial charge in [-0.05, 0) is 66.8 Å². The van der Waals surface area contributed by atoms with Crippen LogP contribution in [0.2, 0.25) is 5.02 Å². The zero-order chi connectivity index (χ0) is 19.7. The quantitative estimate of drug-likeness (QED) is 0.564. The molecule has 140 valence electrons. The fraction of sp³-hybridized carbons (Fsp3) is 0.130. The number of fused-ring (bicyclic) bond motifs is 1. The van der Waals surface area contributed by atoms with Crippen molar-refractivity contribution in [3.63, 3.8) is 0 Å². The monoisotopic (exact) mass is 391 g/mol. The molecule has 1 aliphatic rings. The number of hydrogen-bond donors (Lipinski definition) is 1. The van der Waals surface area contributed by atoms with Crippen LogP contribution >= 0.6 is 11.6 Å². The maximum absolute atomic E-state index is 13.6. The summed E-state index contributed by atoms with van der Waals surface area (Å²) in [5.41, 5.74) is 11.9. The molecule has 0 unspecified atom stereocenters. The van der Waals surface area contributed by atoms with E-state index in [0.29, 0.717) is 10.8 Å². The topological polar surface area (TPSA) is 51.8 Å². The molecule has 3 nitrogen and oxygen atoms in total. The van der Waals surface area contributed by atoms with Gasteiger partial charge >= 0.3 is 0 Å². The highest BCUT2D eigenvalue weighted by atomic mass is 35.5. The van der Waals surface area contributed by atoms with E-state index in [1.807, 2.05) is 24.3 Å². The van der Waals surface area contributed by atoms with Crippen molar-refractivity contribution in [2.75, 3.05) is 5.73 Å². The van der Waals surface area contributed by atoms with Crippen molar-refractivity contribution in [1.29, 1.82) is 0 Å². The molecule has 1 aromatic heterocycles. The van der Waals surface area contributed by atoms with Crippen LogP contribution in [-0.2, 0) is 0 Å². The predicted molar refractivity (Wildman–Crippen MR) is 114 cm³/mol. The summed E-state index contributed by atoms with van der Waals surface area (Å²) >= 11 is 6.44. The minimum atomic E-state index is -0.348. The molecular weight excluding hydrogens is 373 g/mol. The number of anilines is 1. The molecule has 5 heteroatoms. The van der Waals surface area contributed by atoms with E-state index in [1.54, 1.807) is 6.07 Å². The molecule has 2 N–H and O–H groups in total. The molecule has 4 rings (SSSR count). The van der Waals surface area contributed by atoms with Crippen molar-refractivity contribution in [2.24, 2.45) is 0 Å². The van der Waals surface area contributed by atoms with Crippen LogP contribution in [0.4, 0.5) is 10.2 Å². The lowest BCUT2D eigenvalue weighted by Gasteiger charge is -2.20. The second-order valence-electron chi connectivity index (χ2n) is 6.82. The van der Waals surface area contributed by atoms with Crippen LogP contribution in [0.5, 0.6) is 0 Å². The Morgan fingerprint density at radius 2 is 1.96 bits per heavy atom. The summed E-state index contributed by atoms with van der Waals surface area (Å²) in [4.78, 5) is 8.38. The van der Waals surface area contributed by atoms with Crippen LogP contribution < -0.4 is 5.73 Å². The summed E-state index contributed by atoms with van der Waals surface area (Å²) < 4.78 is 13.6. The number of benzene rings is 2. The van der Waals surface area contributed by atoms with Gasteiger partial charge in [0, 0.05) is 10.9 Å². The van der Waals surface area contributed by atoms with Gasteiger partial charge in [-0.15, -0.1) is 0 Å². The zero-order valence-electron chi connectivity index (χ0n) is 15.4. The highest BCUT2D eigenvalue weighted by Gasteiger charge is 2.18. The van der Waals surface area contributed by atoms with E-state index in [0.717, 1.165) is 46.0 Å². The van der Waals surface area contributed by atoms with Crippen molar-refractivity contribution in [2.45, 2.75) is 19.8 Å². The Labute approximate surface area is 168 Å². The number of nitrogens with zero attached hydrogens (tertiary/aromatic N) is 2. The normalized spacial score (nSPS) is 14.8. The molecule has 0 radical (unpaired) electrons. The molecular formula is C23H19ClFN3. The van der Waals surface area contributed by atoms with Crippen LogP contribution in [0, 0.1) is 5.82 Å². The zero-order valence-corrected chi connectivity index (χ0v) is 16.2. The molecule has 0 saturated heterocycles. The molecule has 0 atom stereocenters. The number of nitrogen functional groups attached to an aromatic ring is 1. The summed E-state index contributed by atoms with van der Waals surface area (Å²) in [6, 6.07) is 10.5. The van der Waals surface area contributed by atoms with E-state index in [-0.39, 0.29) is 5.82 Å². The summed E-state index contributed by atoms with van der Waals surface area (Å²) in [5.74, 6) is 0.0924. The molecule has 0 fully saturated rings. The SMILES string of the molecule is CC1=C(c2ccc(F)cc2Cl)C(c2ccc3ncnc(N)c3c2)=CC=CCC1. The Morgan fingerprint density at radius 3 is 2.79 bits per heavy atom. The number of nitrogens with two attached hydrogens (primary N) is 1. The number of rotatable bonds is 2. The van der Waals surface area contributed by atoms with Crippen LogP contribution in [0.3, 0.4) is 0 Å². The molecule has 1 heterocycles. The van der Waals surface area contributed by atoms with Gasteiger partial charge in [-0.2, -0.15) is 0 Å². The van der Waals surface area contributed by atoms with Gasteiger partial charge in [0.05, 0.1) is 10.5 Å². The molecule has 2 aromatic carbocycles. The number of halogens is 2. The van der Waals surface area contributed by atoms with Gasteiger partial charge in [0.1, 0.15) is 18.0 Å². The van der Waals surface area contributed by atoms with Crippen molar-refractivity contribution in [1.82, 2.24) is 9.97 Å². The lowest BCUT2D eigenvalue weighted by Crippen LogP contribution is -1.99. The summed E-state index contributed by atoms with van der Waals surface area (Å²) in [6.45, 7) is 2.10. The standard InChI is InChI=1S/C23H19ClFN3/c1-14-5-3-2-4-6-17(22(14)18-9-8-16(25)12-20(18)24)15-7-10-21-19(11-15)23(26)28-13-27-21/h2,4,6-13H,3,5H2,1H3,(H2,26,27,28). The van der Waals surface area contributed by atoms with Gasteiger partial charge in [0.2, 0.25) is 0 Å². The molecule has 0 spiro atoms. The van der Waals surface area contributed by atoms with E-state index in [1.165, 1.54) is 24.0 Å². The van der Waals surface area contributed by atoms with E-state index < -0.39 is 0 Å². The number of aromatic nitrogens is 2. The van der Waals surface area contributed by atoms with Crippen LogP contribution in [-0.4, -0.2) is 9.97 Å². The first-order valence-electron chi connectivity index (χ1n) is 9.07. The third-order valence-corrected chi connectivity index (χ3v) is 5.27. The van der Waals surface area contributed by atoms with Crippen molar-refractivity contribution in [3.8, 4) is 0 Å². The van der Waals surface area contributed by atoms with Crippen LogP contribution in [0.1, 0.15) is 30.9 Å². The summed E-state index contributed by atoms with van der Waals surface area (Å²) in [6.07, 6.45) is 9.56. The molecule has 0 aliphatic heterocycles. The third kappa shape index (κ3) is 3.43. The highest BCUT2D eigenvalue weighted by molar-refractivity contribution is 6.33. The Balaban J connectivity index is 1.96. The average molecular weight is 392 g/mol. The minimum absolute atomic E-state index is 0.348. The molecule has 0 saturated carbocycles. The third-order valence-electron chi connectivity index (χ3n) is 4.96. The van der Waals surface area contributed by atoms with Crippen LogP contribution in [0.25, 0.3) is 22.0 Å². The van der Waals surface area contributed by atoms with Crippen molar-refractivity contribution in [3.05, 3.63) is 88.5 Å². The fourth-order valence-electron chi connectivity index (χ4n) is 3.55. The highest BCUT2D eigenvalue weighted by Crippen LogP contribution is 2.40. The van der Waals surface area contributed by atoms with E-state index in [9.17, 15) is 4.39 Å². The average Bonchev–Trinajstić information content (AvgIpc) is 2.66. The van der Waals surface area contributed by atoms with Gasteiger partial charge in [0.25, 0.3) is 0 Å².